The number of fused-ring (bicyclic) bond motifs is 1. The Kier molecular flexibility index (Phi) is 5.17. The molecule has 1 atom stereocenters. The van der Waals surface area contributed by atoms with Crippen molar-refractivity contribution < 1.29 is 22.3 Å². The molecule has 30 heavy (non-hydrogen) atoms. The van der Waals surface area contributed by atoms with Crippen molar-refractivity contribution in [2.24, 2.45) is 0 Å². The molecule has 1 aliphatic rings. The van der Waals surface area contributed by atoms with Gasteiger partial charge in [-0.05, 0) is 67.6 Å². The highest BCUT2D eigenvalue weighted by Crippen LogP contribution is 2.36. The molecule has 6 nitrogen and oxygen atoms in total. The average molecular weight is 426 g/mol. The van der Waals surface area contributed by atoms with Crippen LogP contribution in [0.3, 0.4) is 0 Å². The van der Waals surface area contributed by atoms with Crippen molar-refractivity contribution in [1.29, 1.82) is 0 Å². The molecule has 0 aliphatic carbocycles. The van der Waals surface area contributed by atoms with Gasteiger partial charge >= 0.3 is 0 Å². The highest BCUT2D eigenvalue weighted by atomic mass is 32.2. The molecule has 1 unspecified atom stereocenters. The predicted molar refractivity (Wildman–Crippen MR) is 112 cm³/mol. The molecular formula is C22H19FN2O4S. The summed E-state index contributed by atoms with van der Waals surface area (Å²) >= 11 is 0. The zero-order valence-electron chi connectivity index (χ0n) is 16.1. The number of halogens is 1. The molecular weight excluding hydrogens is 407 g/mol. The quantitative estimate of drug-likeness (QED) is 0.683. The fourth-order valence-electron chi connectivity index (χ4n) is 3.22. The number of benzene rings is 3. The fourth-order valence-corrected chi connectivity index (χ4v) is 4.77. The van der Waals surface area contributed by atoms with E-state index in [1.165, 1.54) is 52.8 Å². The summed E-state index contributed by atoms with van der Waals surface area (Å²) in [6, 6.07) is 18.1. The third-order valence-electron chi connectivity index (χ3n) is 4.69. The maximum absolute atomic E-state index is 13.2. The minimum atomic E-state index is -3.81. The highest BCUT2D eigenvalue weighted by Gasteiger charge is 2.32. The van der Waals surface area contributed by atoms with E-state index in [1.807, 2.05) is 6.92 Å². The molecule has 0 bridgehead atoms. The number of nitrogens with zero attached hydrogens (tertiary/aromatic N) is 1. The molecule has 0 aromatic heterocycles. The van der Waals surface area contributed by atoms with E-state index in [0.29, 0.717) is 22.7 Å². The van der Waals surface area contributed by atoms with Crippen LogP contribution in [-0.4, -0.2) is 27.0 Å². The number of sulfonamides is 1. The Labute approximate surface area is 174 Å². The van der Waals surface area contributed by atoms with Gasteiger partial charge in [-0.1, -0.05) is 12.1 Å². The first-order valence-corrected chi connectivity index (χ1v) is 10.7. The summed E-state index contributed by atoms with van der Waals surface area (Å²) in [6.07, 6.45) is -0.288. The summed E-state index contributed by atoms with van der Waals surface area (Å²) in [7, 11) is -3.81. The summed E-state index contributed by atoms with van der Waals surface area (Å²) in [5.74, 6) is -0.329. The summed E-state index contributed by atoms with van der Waals surface area (Å²) in [4.78, 5) is 12.4. The molecule has 0 fully saturated rings. The van der Waals surface area contributed by atoms with Crippen LogP contribution in [0.4, 0.5) is 15.8 Å². The van der Waals surface area contributed by atoms with Gasteiger partial charge < -0.3 is 10.1 Å². The molecule has 1 N–H and O–H groups in total. The average Bonchev–Trinajstić information content (AvgIpc) is 2.74. The van der Waals surface area contributed by atoms with Gasteiger partial charge in [-0.3, -0.25) is 9.10 Å². The van der Waals surface area contributed by atoms with Crippen LogP contribution in [0.1, 0.15) is 17.3 Å². The van der Waals surface area contributed by atoms with E-state index in [0.717, 1.165) is 0 Å². The Morgan fingerprint density at radius 1 is 1.03 bits per heavy atom. The molecule has 0 saturated heterocycles. The number of ether oxygens (including phenoxy) is 1. The Morgan fingerprint density at radius 2 is 1.70 bits per heavy atom. The van der Waals surface area contributed by atoms with Crippen molar-refractivity contribution in [3.63, 3.8) is 0 Å². The normalized spacial score (nSPS) is 15.8. The van der Waals surface area contributed by atoms with Gasteiger partial charge in [0, 0.05) is 11.3 Å². The maximum atomic E-state index is 13.2. The van der Waals surface area contributed by atoms with Crippen molar-refractivity contribution in [1.82, 2.24) is 0 Å². The van der Waals surface area contributed by atoms with Crippen molar-refractivity contribution in [2.75, 3.05) is 16.2 Å². The lowest BCUT2D eigenvalue weighted by Gasteiger charge is -2.34. The van der Waals surface area contributed by atoms with Gasteiger partial charge in [-0.15, -0.1) is 0 Å². The van der Waals surface area contributed by atoms with E-state index in [1.54, 1.807) is 24.3 Å². The Hall–Kier alpha value is -3.39. The van der Waals surface area contributed by atoms with Crippen LogP contribution >= 0.6 is 0 Å². The number of rotatable bonds is 4. The number of anilines is 2. The number of hydrogen-bond acceptors (Lipinski definition) is 4. The van der Waals surface area contributed by atoms with Crippen LogP contribution in [0.15, 0.2) is 77.7 Å². The smallest absolute Gasteiger partial charge is 0.264 e. The summed E-state index contributed by atoms with van der Waals surface area (Å²) in [5.41, 5.74) is 1.22. The topological polar surface area (TPSA) is 75.7 Å². The van der Waals surface area contributed by atoms with Gasteiger partial charge in [0.05, 0.1) is 17.1 Å². The summed E-state index contributed by atoms with van der Waals surface area (Å²) in [6.45, 7) is 2.01. The van der Waals surface area contributed by atoms with Crippen LogP contribution in [-0.2, 0) is 10.0 Å². The summed E-state index contributed by atoms with van der Waals surface area (Å²) < 4.78 is 46.5. The number of para-hydroxylation sites is 2. The summed E-state index contributed by atoms with van der Waals surface area (Å²) in [5, 5.41) is 2.67. The molecule has 3 aromatic rings. The first-order valence-electron chi connectivity index (χ1n) is 9.30. The molecule has 1 amide bonds. The third-order valence-corrected chi connectivity index (χ3v) is 6.49. The van der Waals surface area contributed by atoms with Crippen LogP contribution in [0.25, 0.3) is 0 Å². The van der Waals surface area contributed by atoms with E-state index < -0.39 is 21.7 Å². The number of nitrogens with one attached hydrogen (secondary N) is 1. The van der Waals surface area contributed by atoms with Crippen molar-refractivity contribution in [3.05, 3.63) is 84.2 Å². The number of carbonyl (C=O) groups is 1. The van der Waals surface area contributed by atoms with E-state index in [4.69, 9.17) is 4.74 Å². The van der Waals surface area contributed by atoms with Gasteiger partial charge in [0.2, 0.25) is 0 Å². The SMILES string of the molecule is CC1CN(S(=O)(=O)c2ccc(NC(=O)c3ccc(F)cc3)cc2)c2ccccc2O1. The van der Waals surface area contributed by atoms with E-state index in [2.05, 4.69) is 5.32 Å². The number of amides is 1. The van der Waals surface area contributed by atoms with Crippen LogP contribution in [0.2, 0.25) is 0 Å². The van der Waals surface area contributed by atoms with Gasteiger partial charge in [0.15, 0.2) is 0 Å². The Balaban J connectivity index is 1.56. The first kappa shape index (κ1) is 19.9. The van der Waals surface area contributed by atoms with Crippen molar-refractivity contribution in [2.45, 2.75) is 17.9 Å². The molecule has 1 heterocycles. The van der Waals surface area contributed by atoms with Gasteiger partial charge in [0.25, 0.3) is 15.9 Å². The Bertz CT molecular complexity index is 1180. The maximum Gasteiger partial charge on any atom is 0.264 e. The lowest BCUT2D eigenvalue weighted by Crippen LogP contribution is -2.42. The van der Waals surface area contributed by atoms with Gasteiger partial charge in [-0.25, -0.2) is 12.8 Å². The van der Waals surface area contributed by atoms with Crippen LogP contribution in [0, 0.1) is 5.82 Å². The Morgan fingerprint density at radius 3 is 2.40 bits per heavy atom. The molecule has 3 aromatic carbocycles. The van der Waals surface area contributed by atoms with E-state index >= 15 is 0 Å². The second-order valence-electron chi connectivity index (χ2n) is 6.92. The minimum absolute atomic E-state index is 0.103. The zero-order chi connectivity index (χ0) is 21.3. The van der Waals surface area contributed by atoms with Crippen LogP contribution < -0.4 is 14.4 Å². The monoisotopic (exact) mass is 426 g/mol. The fraction of sp³-hybridized carbons (Fsp3) is 0.136. The standard InChI is InChI=1S/C22H19FN2O4S/c1-15-14-25(20-4-2-3-5-21(20)29-15)30(27,28)19-12-10-18(11-13-19)24-22(26)16-6-8-17(23)9-7-16/h2-13,15H,14H2,1H3,(H,24,26). The van der Waals surface area contributed by atoms with E-state index in [-0.39, 0.29) is 17.5 Å². The molecule has 4 rings (SSSR count). The highest BCUT2D eigenvalue weighted by molar-refractivity contribution is 7.92. The molecule has 0 spiro atoms. The molecule has 0 saturated carbocycles. The second kappa shape index (κ2) is 7.79. The lowest BCUT2D eigenvalue weighted by molar-refractivity contribution is 0.102. The lowest BCUT2D eigenvalue weighted by atomic mass is 10.2. The first-order chi connectivity index (χ1) is 14.3. The molecule has 154 valence electrons. The number of carbonyl (C=O) groups excluding carboxylic acids is 1. The van der Waals surface area contributed by atoms with Crippen LogP contribution in [0.5, 0.6) is 5.75 Å². The van der Waals surface area contributed by atoms with Crippen molar-refractivity contribution in [3.8, 4) is 5.75 Å². The van der Waals surface area contributed by atoms with Gasteiger partial charge in [-0.2, -0.15) is 0 Å². The predicted octanol–water partition coefficient (Wildman–Crippen LogP) is 4.05. The molecule has 8 heteroatoms. The second-order valence-corrected chi connectivity index (χ2v) is 8.78. The van der Waals surface area contributed by atoms with E-state index in [9.17, 15) is 17.6 Å². The third kappa shape index (κ3) is 3.86. The molecule has 0 radical (unpaired) electrons. The van der Waals surface area contributed by atoms with Crippen molar-refractivity contribution >= 4 is 27.3 Å². The molecule has 1 aliphatic heterocycles. The van der Waals surface area contributed by atoms with Gasteiger partial charge in [0.1, 0.15) is 17.7 Å². The zero-order valence-corrected chi connectivity index (χ0v) is 16.9. The number of hydrogen-bond donors (Lipinski definition) is 1. The minimum Gasteiger partial charge on any atom is -0.487 e. The largest absolute Gasteiger partial charge is 0.487 e.